The van der Waals surface area contributed by atoms with Gasteiger partial charge in [-0.3, -0.25) is 0 Å². The highest BCUT2D eigenvalue weighted by atomic mass is 28.3. The molecular formula is C20H34AlSi. The molecule has 0 aliphatic heterocycles. The standard InChI is InChI=1S/C20H34Si.Al/c1-2-21(19-13-11-15-7-3-5-9-17(15)19)20-14-12-16-8-4-6-10-18(16)20;/h15-20H,1-14H2;. The molecule has 22 heavy (non-hydrogen) atoms. The molecule has 4 fully saturated rings. The Labute approximate surface area is 148 Å². The largest absolute Gasteiger partial charge is 0.120 e. The molecule has 6 atom stereocenters. The van der Waals surface area contributed by atoms with Crippen LogP contribution in [-0.4, -0.2) is 25.1 Å². The number of rotatable bonds is 4. The number of fused-ring (bicyclic) bond motifs is 2. The zero-order valence-corrected chi connectivity index (χ0v) is 16.6. The first-order valence-electron chi connectivity index (χ1n) is 10.4. The van der Waals surface area contributed by atoms with E-state index in [0.29, 0.717) is 0 Å². The SMILES string of the molecule is [Al][CH2]C[Si](C1CCC2CCCCC21)C1CCC2CCCCC21. The first-order valence-corrected chi connectivity index (χ1v) is 13.1. The third-order valence-corrected chi connectivity index (χ3v) is 13.1. The van der Waals surface area contributed by atoms with Crippen molar-refractivity contribution in [3.63, 3.8) is 0 Å². The topological polar surface area (TPSA) is 0 Å². The minimum atomic E-state index is -0.109. The van der Waals surface area contributed by atoms with Crippen LogP contribution in [0.2, 0.25) is 22.4 Å². The first kappa shape index (κ1) is 16.2. The van der Waals surface area contributed by atoms with Gasteiger partial charge >= 0.3 is 0 Å². The molecule has 0 amide bonds. The molecular weight excluding hydrogens is 295 g/mol. The summed E-state index contributed by atoms with van der Waals surface area (Å²) in [6, 6.07) is 1.62. The Bertz CT molecular complexity index is 339. The lowest BCUT2D eigenvalue weighted by Crippen LogP contribution is -2.34. The van der Waals surface area contributed by atoms with E-state index in [1.165, 1.54) is 28.2 Å². The Hall–Kier alpha value is 0.749. The van der Waals surface area contributed by atoms with Gasteiger partial charge in [0, 0.05) is 0 Å². The van der Waals surface area contributed by atoms with E-state index in [1.54, 1.807) is 83.1 Å². The van der Waals surface area contributed by atoms with Crippen LogP contribution in [0.1, 0.15) is 77.0 Å². The maximum atomic E-state index is 3.09. The van der Waals surface area contributed by atoms with Crippen LogP contribution in [0.4, 0.5) is 0 Å². The Morgan fingerprint density at radius 2 is 1.14 bits per heavy atom. The van der Waals surface area contributed by atoms with Crippen LogP contribution in [0, 0.1) is 23.7 Å². The van der Waals surface area contributed by atoms with Crippen molar-refractivity contribution in [2.45, 2.75) is 99.5 Å². The van der Waals surface area contributed by atoms with Crippen molar-refractivity contribution in [2.24, 2.45) is 23.7 Å². The Morgan fingerprint density at radius 1 is 0.636 bits per heavy atom. The summed E-state index contributed by atoms with van der Waals surface area (Å²) >= 11 is 3.09. The van der Waals surface area contributed by atoms with Crippen LogP contribution < -0.4 is 0 Å². The van der Waals surface area contributed by atoms with Crippen LogP contribution in [0.3, 0.4) is 0 Å². The van der Waals surface area contributed by atoms with Gasteiger partial charge < -0.3 is 0 Å². The molecule has 4 aliphatic carbocycles. The molecule has 3 radical (unpaired) electrons. The molecule has 4 aliphatic rings. The van der Waals surface area contributed by atoms with E-state index in [-0.39, 0.29) is 8.80 Å². The van der Waals surface area contributed by atoms with Gasteiger partial charge in [0.1, 0.15) is 16.3 Å². The molecule has 121 valence electrons. The fraction of sp³-hybridized carbons (Fsp3) is 1.00. The smallest absolute Gasteiger partial charge is 0.117 e. The predicted molar refractivity (Wildman–Crippen MR) is 98.0 cm³/mol. The van der Waals surface area contributed by atoms with Crippen molar-refractivity contribution in [3.05, 3.63) is 0 Å². The molecule has 2 heteroatoms. The van der Waals surface area contributed by atoms with Gasteiger partial charge in [0.05, 0.1) is 8.80 Å². The summed E-state index contributed by atoms with van der Waals surface area (Å²) in [6.07, 6.45) is 19.1. The van der Waals surface area contributed by atoms with Gasteiger partial charge in [-0.25, -0.2) is 0 Å². The Kier molecular flexibility index (Phi) is 5.41. The van der Waals surface area contributed by atoms with E-state index in [1.807, 2.05) is 0 Å². The average molecular weight is 330 g/mol. The quantitative estimate of drug-likeness (QED) is 0.554. The third kappa shape index (κ3) is 3.02. The van der Waals surface area contributed by atoms with Crippen molar-refractivity contribution in [3.8, 4) is 0 Å². The number of hydrogen-bond acceptors (Lipinski definition) is 0. The second-order valence-corrected chi connectivity index (χ2v) is 12.6. The number of hydrogen-bond donors (Lipinski definition) is 0. The van der Waals surface area contributed by atoms with Gasteiger partial charge in [-0.05, 0) is 34.8 Å². The van der Waals surface area contributed by atoms with Crippen LogP contribution in [0.5, 0.6) is 0 Å². The van der Waals surface area contributed by atoms with Crippen LogP contribution in [0.25, 0.3) is 0 Å². The van der Waals surface area contributed by atoms with Gasteiger partial charge in [-0.15, -0.1) is 5.28 Å². The molecule has 4 saturated carbocycles. The van der Waals surface area contributed by atoms with Gasteiger partial charge in [0.2, 0.25) is 0 Å². The fourth-order valence-electron chi connectivity index (χ4n) is 7.20. The zero-order chi connectivity index (χ0) is 14.9. The average Bonchev–Trinajstić information content (AvgIpc) is 3.17. The molecule has 0 spiro atoms. The maximum absolute atomic E-state index is 3.09. The Balaban J connectivity index is 1.50. The lowest BCUT2D eigenvalue weighted by Gasteiger charge is -2.39. The molecule has 4 rings (SSSR count). The van der Waals surface area contributed by atoms with E-state index in [9.17, 15) is 0 Å². The highest BCUT2D eigenvalue weighted by molar-refractivity contribution is 6.63. The van der Waals surface area contributed by atoms with Gasteiger partial charge in [0.25, 0.3) is 0 Å². The summed E-state index contributed by atoms with van der Waals surface area (Å²) in [6.45, 7) is 0. The summed E-state index contributed by atoms with van der Waals surface area (Å²) in [7, 11) is -0.109. The summed E-state index contributed by atoms with van der Waals surface area (Å²) in [5, 5.41) is 1.40. The molecule has 0 heterocycles. The monoisotopic (exact) mass is 329 g/mol. The fourth-order valence-corrected chi connectivity index (χ4v) is 12.9. The van der Waals surface area contributed by atoms with Crippen molar-refractivity contribution in [2.75, 3.05) is 0 Å². The molecule has 0 aromatic carbocycles. The lowest BCUT2D eigenvalue weighted by molar-refractivity contribution is 0.265. The van der Waals surface area contributed by atoms with E-state index in [2.05, 4.69) is 16.3 Å². The second-order valence-electron chi connectivity index (χ2n) is 8.90. The van der Waals surface area contributed by atoms with Gasteiger partial charge in [-0.1, -0.05) is 83.1 Å². The van der Waals surface area contributed by atoms with Crippen LogP contribution >= 0.6 is 0 Å². The van der Waals surface area contributed by atoms with Crippen LogP contribution in [0.15, 0.2) is 0 Å². The molecule has 0 aromatic heterocycles. The molecule has 0 nitrogen and oxygen atoms in total. The van der Waals surface area contributed by atoms with Crippen molar-refractivity contribution in [1.82, 2.24) is 0 Å². The van der Waals surface area contributed by atoms with Crippen molar-refractivity contribution < 1.29 is 0 Å². The molecule has 0 bridgehead atoms. The summed E-state index contributed by atoms with van der Waals surface area (Å²) in [4.78, 5) is 0. The summed E-state index contributed by atoms with van der Waals surface area (Å²) < 4.78 is 0. The minimum Gasteiger partial charge on any atom is -0.120 e. The molecule has 0 N–H and O–H groups in total. The van der Waals surface area contributed by atoms with E-state index < -0.39 is 0 Å². The van der Waals surface area contributed by atoms with Crippen molar-refractivity contribution >= 4 is 25.1 Å². The normalized spacial score (nSPS) is 45.0. The molecule has 0 saturated heterocycles. The van der Waals surface area contributed by atoms with E-state index >= 15 is 0 Å². The third-order valence-electron chi connectivity index (χ3n) is 8.05. The van der Waals surface area contributed by atoms with E-state index in [4.69, 9.17) is 0 Å². The molecule has 0 aromatic rings. The highest BCUT2D eigenvalue weighted by Crippen LogP contribution is 2.58. The van der Waals surface area contributed by atoms with Crippen molar-refractivity contribution in [1.29, 1.82) is 0 Å². The maximum Gasteiger partial charge on any atom is 0.117 e. The second kappa shape index (κ2) is 7.33. The van der Waals surface area contributed by atoms with Gasteiger partial charge in [0.15, 0.2) is 0 Å². The van der Waals surface area contributed by atoms with E-state index in [0.717, 1.165) is 11.8 Å². The summed E-state index contributed by atoms with van der Waals surface area (Å²) in [5.41, 5.74) is 2.45. The minimum absolute atomic E-state index is 0.109. The molecule has 6 unspecified atom stereocenters. The highest BCUT2D eigenvalue weighted by Gasteiger charge is 2.48. The summed E-state index contributed by atoms with van der Waals surface area (Å²) in [5.74, 6) is 4.68. The Morgan fingerprint density at radius 3 is 1.64 bits per heavy atom. The first-order chi connectivity index (χ1) is 10.9. The predicted octanol–water partition coefficient (Wildman–Crippen LogP) is 6.01. The zero-order valence-electron chi connectivity index (χ0n) is 14.4. The lowest BCUT2D eigenvalue weighted by atomic mass is 9.81. The van der Waals surface area contributed by atoms with Gasteiger partial charge in [-0.2, -0.15) is 0 Å². The van der Waals surface area contributed by atoms with Crippen LogP contribution in [-0.2, 0) is 0 Å².